The monoisotopic (exact) mass is 312 g/mol. The van der Waals surface area contributed by atoms with Gasteiger partial charge in [0.2, 0.25) is 5.91 Å². The lowest BCUT2D eigenvalue weighted by Gasteiger charge is -2.32. The highest BCUT2D eigenvalue weighted by Gasteiger charge is 2.53. The van der Waals surface area contributed by atoms with Gasteiger partial charge in [-0.1, -0.05) is 29.3 Å². The standard InChI is InChI=1S/C14H14Cl2N2O2/c15-9-2-1-8(7-10(9)16)11-12(19)14(18-13(11)20)3-5-17-6-4-14/h1-2,7,11,17H,3-6H2,(H,18,20). The van der Waals surface area contributed by atoms with E-state index in [-0.39, 0.29) is 11.7 Å². The molecule has 2 aliphatic rings. The Kier molecular flexibility index (Phi) is 3.48. The van der Waals surface area contributed by atoms with Gasteiger partial charge in [0, 0.05) is 0 Å². The molecular weight excluding hydrogens is 299 g/mol. The third-order valence-corrected chi connectivity index (χ3v) is 4.83. The zero-order valence-electron chi connectivity index (χ0n) is 10.7. The number of Topliss-reactive ketones (excluding diaryl/α,β-unsaturated/α-hetero) is 1. The highest BCUT2D eigenvalue weighted by molar-refractivity contribution is 6.42. The summed E-state index contributed by atoms with van der Waals surface area (Å²) in [4.78, 5) is 24.9. The number of benzene rings is 1. The number of hydrogen-bond acceptors (Lipinski definition) is 3. The van der Waals surface area contributed by atoms with E-state index in [1.165, 1.54) is 0 Å². The van der Waals surface area contributed by atoms with E-state index in [1.54, 1.807) is 18.2 Å². The lowest BCUT2D eigenvalue weighted by molar-refractivity contribution is -0.125. The van der Waals surface area contributed by atoms with Crippen molar-refractivity contribution < 1.29 is 9.59 Å². The van der Waals surface area contributed by atoms with Crippen molar-refractivity contribution in [1.82, 2.24) is 10.6 Å². The summed E-state index contributed by atoms with van der Waals surface area (Å²) in [5, 5.41) is 6.87. The molecule has 0 radical (unpaired) electrons. The number of carbonyl (C=O) groups is 2. The van der Waals surface area contributed by atoms with Crippen LogP contribution < -0.4 is 10.6 Å². The highest BCUT2D eigenvalue weighted by atomic mass is 35.5. The van der Waals surface area contributed by atoms with Gasteiger partial charge in [0.25, 0.3) is 0 Å². The van der Waals surface area contributed by atoms with Gasteiger partial charge in [0.05, 0.1) is 10.0 Å². The van der Waals surface area contributed by atoms with Crippen LogP contribution in [0.2, 0.25) is 10.0 Å². The molecule has 2 fully saturated rings. The summed E-state index contributed by atoms with van der Waals surface area (Å²) < 4.78 is 0. The summed E-state index contributed by atoms with van der Waals surface area (Å²) in [6.07, 6.45) is 1.27. The number of carbonyl (C=O) groups excluding carboxylic acids is 2. The van der Waals surface area contributed by atoms with Crippen molar-refractivity contribution in [3.8, 4) is 0 Å². The fraction of sp³-hybridized carbons (Fsp3) is 0.429. The fourth-order valence-electron chi connectivity index (χ4n) is 2.98. The maximum Gasteiger partial charge on any atom is 0.235 e. The Labute approximate surface area is 126 Å². The molecule has 0 saturated carbocycles. The molecule has 2 aliphatic heterocycles. The number of amides is 1. The fourth-order valence-corrected chi connectivity index (χ4v) is 3.29. The van der Waals surface area contributed by atoms with Crippen LogP contribution in [0, 0.1) is 0 Å². The molecule has 106 valence electrons. The van der Waals surface area contributed by atoms with Crippen molar-refractivity contribution in [1.29, 1.82) is 0 Å². The summed E-state index contributed by atoms with van der Waals surface area (Å²) in [6, 6.07) is 4.91. The molecule has 4 nitrogen and oxygen atoms in total. The number of nitrogens with one attached hydrogen (secondary N) is 2. The minimum Gasteiger partial charge on any atom is -0.343 e. The molecule has 2 heterocycles. The Hall–Kier alpha value is -1.10. The van der Waals surface area contributed by atoms with Gasteiger partial charge in [0.15, 0.2) is 5.78 Å². The Morgan fingerprint density at radius 3 is 2.45 bits per heavy atom. The van der Waals surface area contributed by atoms with Crippen LogP contribution in [-0.2, 0) is 9.59 Å². The second kappa shape index (κ2) is 5.02. The van der Waals surface area contributed by atoms with Crippen LogP contribution in [0.3, 0.4) is 0 Å². The molecule has 2 saturated heterocycles. The van der Waals surface area contributed by atoms with Crippen LogP contribution >= 0.6 is 23.2 Å². The van der Waals surface area contributed by atoms with Crippen LogP contribution in [0.5, 0.6) is 0 Å². The second-order valence-electron chi connectivity index (χ2n) is 5.29. The van der Waals surface area contributed by atoms with Crippen LogP contribution in [0.1, 0.15) is 24.3 Å². The summed E-state index contributed by atoms with van der Waals surface area (Å²) in [7, 11) is 0. The van der Waals surface area contributed by atoms with E-state index in [9.17, 15) is 9.59 Å². The SMILES string of the molecule is O=C1NC2(CCNCC2)C(=O)C1c1ccc(Cl)c(Cl)c1. The Bertz CT molecular complexity index is 583. The Balaban J connectivity index is 1.95. The summed E-state index contributed by atoms with van der Waals surface area (Å²) in [5.41, 5.74) is -0.101. The number of rotatable bonds is 1. The van der Waals surface area contributed by atoms with E-state index < -0.39 is 11.5 Å². The van der Waals surface area contributed by atoms with Gasteiger partial charge in [0.1, 0.15) is 11.5 Å². The molecule has 1 amide bonds. The van der Waals surface area contributed by atoms with Crippen molar-refractivity contribution in [2.24, 2.45) is 0 Å². The molecule has 6 heteroatoms. The quantitative estimate of drug-likeness (QED) is 0.779. The minimum atomic E-state index is -0.775. The predicted molar refractivity (Wildman–Crippen MR) is 77.2 cm³/mol. The smallest absolute Gasteiger partial charge is 0.235 e. The second-order valence-corrected chi connectivity index (χ2v) is 6.11. The number of piperidine rings is 1. The van der Waals surface area contributed by atoms with Gasteiger partial charge in [-0.05, 0) is 43.6 Å². The van der Waals surface area contributed by atoms with Crippen LogP contribution in [0.4, 0.5) is 0 Å². The first kappa shape index (κ1) is 13.9. The van der Waals surface area contributed by atoms with Crippen molar-refractivity contribution in [3.05, 3.63) is 33.8 Å². The van der Waals surface area contributed by atoms with Crippen molar-refractivity contribution in [2.45, 2.75) is 24.3 Å². The molecule has 1 spiro atoms. The third kappa shape index (κ3) is 2.12. The molecule has 1 unspecified atom stereocenters. The maximum absolute atomic E-state index is 12.7. The van der Waals surface area contributed by atoms with E-state index in [1.807, 2.05) is 0 Å². The van der Waals surface area contributed by atoms with Crippen molar-refractivity contribution in [3.63, 3.8) is 0 Å². The molecule has 3 rings (SSSR count). The Morgan fingerprint density at radius 1 is 1.10 bits per heavy atom. The molecule has 0 bridgehead atoms. The van der Waals surface area contributed by atoms with Gasteiger partial charge in [-0.2, -0.15) is 0 Å². The number of halogens is 2. The molecule has 1 aromatic rings. The van der Waals surface area contributed by atoms with E-state index >= 15 is 0 Å². The van der Waals surface area contributed by atoms with Crippen LogP contribution in [-0.4, -0.2) is 30.3 Å². The van der Waals surface area contributed by atoms with Gasteiger partial charge < -0.3 is 10.6 Å². The lowest BCUT2D eigenvalue weighted by atomic mass is 9.81. The first-order chi connectivity index (χ1) is 9.53. The Morgan fingerprint density at radius 2 is 1.80 bits per heavy atom. The zero-order valence-corrected chi connectivity index (χ0v) is 12.2. The van der Waals surface area contributed by atoms with Gasteiger partial charge in [-0.25, -0.2) is 0 Å². The summed E-state index contributed by atoms with van der Waals surface area (Å²) >= 11 is 11.9. The average molecular weight is 313 g/mol. The summed E-state index contributed by atoms with van der Waals surface area (Å²) in [6.45, 7) is 1.47. The van der Waals surface area contributed by atoms with Crippen molar-refractivity contribution >= 4 is 34.9 Å². The first-order valence-corrected chi connectivity index (χ1v) is 7.31. The average Bonchev–Trinajstić information content (AvgIpc) is 2.66. The number of ketones is 1. The third-order valence-electron chi connectivity index (χ3n) is 4.09. The highest BCUT2D eigenvalue weighted by Crippen LogP contribution is 2.36. The van der Waals surface area contributed by atoms with Crippen molar-refractivity contribution in [2.75, 3.05) is 13.1 Å². The van der Waals surface area contributed by atoms with E-state index in [0.717, 1.165) is 13.1 Å². The normalized spacial score (nSPS) is 25.0. The molecule has 0 aliphatic carbocycles. The van der Waals surface area contributed by atoms with E-state index in [2.05, 4.69) is 10.6 Å². The number of hydrogen-bond donors (Lipinski definition) is 2. The van der Waals surface area contributed by atoms with Gasteiger partial charge in [-0.3, -0.25) is 9.59 Å². The molecule has 1 aromatic carbocycles. The van der Waals surface area contributed by atoms with Crippen LogP contribution in [0.25, 0.3) is 0 Å². The minimum absolute atomic E-state index is 0.0533. The zero-order chi connectivity index (χ0) is 14.3. The molecule has 1 atom stereocenters. The lowest BCUT2D eigenvalue weighted by Crippen LogP contribution is -2.53. The predicted octanol–water partition coefficient (Wildman–Crippen LogP) is 1.90. The topological polar surface area (TPSA) is 58.2 Å². The largest absolute Gasteiger partial charge is 0.343 e. The molecule has 2 N–H and O–H groups in total. The van der Waals surface area contributed by atoms with Gasteiger partial charge >= 0.3 is 0 Å². The molecule has 0 aromatic heterocycles. The van der Waals surface area contributed by atoms with E-state index in [4.69, 9.17) is 23.2 Å². The maximum atomic E-state index is 12.7. The van der Waals surface area contributed by atoms with Gasteiger partial charge in [-0.15, -0.1) is 0 Å². The molecule has 20 heavy (non-hydrogen) atoms. The van der Waals surface area contributed by atoms with Crippen LogP contribution in [0.15, 0.2) is 18.2 Å². The molecular formula is C14H14Cl2N2O2. The van der Waals surface area contributed by atoms with E-state index in [0.29, 0.717) is 28.5 Å². The summed E-state index contributed by atoms with van der Waals surface area (Å²) in [5.74, 6) is -1.07. The first-order valence-electron chi connectivity index (χ1n) is 6.55.